The van der Waals surface area contributed by atoms with Crippen molar-refractivity contribution in [3.05, 3.63) is 6.33 Å². The minimum absolute atomic E-state index is 0.191. The molecule has 0 unspecified atom stereocenters. The number of aromatic nitrogens is 2. The number of anilines is 1. The maximum absolute atomic E-state index is 9.08. The van der Waals surface area contributed by atoms with Crippen molar-refractivity contribution in [1.29, 1.82) is 0 Å². The Morgan fingerprint density at radius 1 is 1.40 bits per heavy atom. The lowest BCUT2D eigenvalue weighted by Gasteiger charge is -2.33. The van der Waals surface area contributed by atoms with E-state index in [2.05, 4.69) is 14.3 Å². The van der Waals surface area contributed by atoms with Crippen molar-refractivity contribution in [1.82, 2.24) is 9.36 Å². The molecule has 4 nitrogen and oxygen atoms in total. The predicted octanol–water partition coefficient (Wildman–Crippen LogP) is 1.67. The Labute approximate surface area is 94.1 Å². The highest BCUT2D eigenvalue weighted by molar-refractivity contribution is 7.09. The Hall–Kier alpha value is -0.680. The molecule has 2 rings (SSSR count). The van der Waals surface area contributed by atoms with Crippen LogP contribution in [0.2, 0.25) is 0 Å². The summed E-state index contributed by atoms with van der Waals surface area (Å²) in [5.74, 6) is 0. The fraction of sp³-hybridized carbons (Fsp3) is 0.800. The Balaban J connectivity index is 2.04. The molecule has 5 heteroatoms. The second-order valence-corrected chi connectivity index (χ2v) is 4.69. The largest absolute Gasteiger partial charge is 0.395 e. The summed E-state index contributed by atoms with van der Waals surface area (Å²) in [7, 11) is 0. The van der Waals surface area contributed by atoms with Crippen LogP contribution >= 0.6 is 11.5 Å². The third kappa shape index (κ3) is 2.66. The molecule has 1 aromatic rings. The molecule has 0 bridgehead atoms. The van der Waals surface area contributed by atoms with E-state index >= 15 is 0 Å². The van der Waals surface area contributed by atoms with Crippen molar-refractivity contribution in [2.75, 3.05) is 18.1 Å². The molecule has 1 aromatic heterocycles. The molecule has 1 saturated carbocycles. The van der Waals surface area contributed by atoms with Crippen LogP contribution in [0.4, 0.5) is 5.13 Å². The normalized spacial score (nSPS) is 17.9. The van der Waals surface area contributed by atoms with E-state index in [4.69, 9.17) is 5.11 Å². The molecule has 84 valence electrons. The fourth-order valence-electron chi connectivity index (χ4n) is 2.23. The molecule has 0 spiro atoms. The Morgan fingerprint density at radius 3 is 2.80 bits per heavy atom. The van der Waals surface area contributed by atoms with Gasteiger partial charge >= 0.3 is 0 Å². The van der Waals surface area contributed by atoms with E-state index in [1.807, 2.05) is 0 Å². The van der Waals surface area contributed by atoms with Crippen LogP contribution in [0.25, 0.3) is 0 Å². The highest BCUT2D eigenvalue weighted by atomic mass is 32.1. The van der Waals surface area contributed by atoms with Gasteiger partial charge in [0.2, 0.25) is 5.13 Å². The van der Waals surface area contributed by atoms with Crippen LogP contribution in [-0.4, -0.2) is 33.7 Å². The smallest absolute Gasteiger partial charge is 0.205 e. The van der Waals surface area contributed by atoms with Crippen LogP contribution in [0.5, 0.6) is 0 Å². The first-order chi connectivity index (χ1) is 7.42. The van der Waals surface area contributed by atoms with Gasteiger partial charge in [-0.2, -0.15) is 4.37 Å². The predicted molar refractivity (Wildman–Crippen MR) is 61.2 cm³/mol. The monoisotopic (exact) mass is 227 g/mol. The quantitative estimate of drug-likeness (QED) is 0.850. The van der Waals surface area contributed by atoms with Crippen LogP contribution in [0, 0.1) is 0 Å². The maximum Gasteiger partial charge on any atom is 0.205 e. The zero-order valence-corrected chi connectivity index (χ0v) is 9.62. The summed E-state index contributed by atoms with van der Waals surface area (Å²) < 4.78 is 4.03. The zero-order valence-electron chi connectivity index (χ0n) is 8.80. The molecule has 0 aromatic carbocycles. The Bertz CT molecular complexity index is 272. The lowest BCUT2D eigenvalue weighted by atomic mass is 9.94. The highest BCUT2D eigenvalue weighted by Gasteiger charge is 2.22. The van der Waals surface area contributed by atoms with E-state index < -0.39 is 0 Å². The minimum atomic E-state index is 0.191. The molecular formula is C10H17N3OS. The summed E-state index contributed by atoms with van der Waals surface area (Å²) in [5, 5.41) is 10.0. The van der Waals surface area contributed by atoms with Crippen molar-refractivity contribution < 1.29 is 5.11 Å². The second kappa shape index (κ2) is 5.42. The van der Waals surface area contributed by atoms with Gasteiger partial charge in [-0.25, -0.2) is 4.98 Å². The first kappa shape index (κ1) is 10.8. The molecule has 0 aliphatic heterocycles. The second-order valence-electron chi connectivity index (χ2n) is 3.93. The van der Waals surface area contributed by atoms with Crippen LogP contribution in [0.1, 0.15) is 32.1 Å². The van der Waals surface area contributed by atoms with Crippen molar-refractivity contribution in [2.24, 2.45) is 0 Å². The Kier molecular flexibility index (Phi) is 3.91. The van der Waals surface area contributed by atoms with Gasteiger partial charge in [-0.1, -0.05) is 19.3 Å². The topological polar surface area (TPSA) is 49.2 Å². The molecule has 0 atom stereocenters. The summed E-state index contributed by atoms with van der Waals surface area (Å²) in [4.78, 5) is 6.45. The van der Waals surface area contributed by atoms with Gasteiger partial charge in [-0.05, 0) is 12.8 Å². The molecule has 1 aliphatic rings. The zero-order chi connectivity index (χ0) is 10.5. The first-order valence-electron chi connectivity index (χ1n) is 5.56. The van der Waals surface area contributed by atoms with Crippen molar-refractivity contribution >= 4 is 16.7 Å². The van der Waals surface area contributed by atoms with Crippen LogP contribution in [-0.2, 0) is 0 Å². The van der Waals surface area contributed by atoms with Crippen LogP contribution < -0.4 is 4.90 Å². The van der Waals surface area contributed by atoms with E-state index in [1.165, 1.54) is 43.6 Å². The van der Waals surface area contributed by atoms with E-state index in [0.717, 1.165) is 5.13 Å². The average molecular weight is 227 g/mol. The molecular weight excluding hydrogens is 210 g/mol. The third-order valence-corrected chi connectivity index (χ3v) is 3.65. The van der Waals surface area contributed by atoms with Gasteiger partial charge in [0.25, 0.3) is 0 Å². The number of hydrogen-bond acceptors (Lipinski definition) is 5. The fourth-order valence-corrected chi connectivity index (χ4v) is 2.86. The maximum atomic E-state index is 9.08. The number of aliphatic hydroxyl groups excluding tert-OH is 1. The van der Waals surface area contributed by atoms with Crippen molar-refractivity contribution in [2.45, 2.75) is 38.1 Å². The van der Waals surface area contributed by atoms with E-state index in [1.54, 1.807) is 6.33 Å². The van der Waals surface area contributed by atoms with Gasteiger partial charge in [0.1, 0.15) is 6.33 Å². The number of nitrogens with zero attached hydrogens (tertiary/aromatic N) is 3. The lowest BCUT2D eigenvalue weighted by Crippen LogP contribution is -2.38. The van der Waals surface area contributed by atoms with E-state index in [-0.39, 0.29) is 6.61 Å². The summed E-state index contributed by atoms with van der Waals surface area (Å²) in [6.07, 6.45) is 7.97. The highest BCUT2D eigenvalue weighted by Crippen LogP contribution is 2.27. The molecule has 0 radical (unpaired) electrons. The van der Waals surface area contributed by atoms with Crippen LogP contribution in [0.3, 0.4) is 0 Å². The number of hydrogen-bond donors (Lipinski definition) is 1. The van der Waals surface area contributed by atoms with E-state index in [9.17, 15) is 0 Å². The standard InChI is InChI=1S/C10H17N3OS/c14-7-6-13(10-11-8-12-15-10)9-4-2-1-3-5-9/h8-9,14H,1-7H2. The van der Waals surface area contributed by atoms with Gasteiger partial charge in [-0.3, -0.25) is 0 Å². The van der Waals surface area contributed by atoms with Gasteiger partial charge < -0.3 is 10.0 Å². The van der Waals surface area contributed by atoms with Gasteiger partial charge in [0, 0.05) is 24.1 Å². The van der Waals surface area contributed by atoms with Gasteiger partial charge in [-0.15, -0.1) is 0 Å². The lowest BCUT2D eigenvalue weighted by molar-refractivity contribution is 0.290. The van der Waals surface area contributed by atoms with Crippen molar-refractivity contribution in [3.8, 4) is 0 Å². The van der Waals surface area contributed by atoms with Gasteiger partial charge in [0.05, 0.1) is 6.61 Å². The van der Waals surface area contributed by atoms with Gasteiger partial charge in [0.15, 0.2) is 0 Å². The number of aliphatic hydroxyl groups is 1. The molecule has 15 heavy (non-hydrogen) atoms. The van der Waals surface area contributed by atoms with E-state index in [0.29, 0.717) is 12.6 Å². The molecule has 0 amide bonds. The van der Waals surface area contributed by atoms with Crippen molar-refractivity contribution in [3.63, 3.8) is 0 Å². The third-order valence-electron chi connectivity index (χ3n) is 2.95. The minimum Gasteiger partial charge on any atom is -0.395 e. The molecule has 1 heterocycles. The summed E-state index contributed by atoms with van der Waals surface area (Å²) in [5.41, 5.74) is 0. The average Bonchev–Trinajstić information content (AvgIpc) is 2.80. The Morgan fingerprint density at radius 2 is 2.20 bits per heavy atom. The molecule has 1 aliphatic carbocycles. The van der Waals surface area contributed by atoms with Crippen LogP contribution in [0.15, 0.2) is 6.33 Å². The summed E-state index contributed by atoms with van der Waals surface area (Å²) >= 11 is 1.42. The molecule has 1 fully saturated rings. The SMILES string of the molecule is OCCN(c1ncns1)C1CCCCC1. The first-order valence-corrected chi connectivity index (χ1v) is 6.33. The number of rotatable bonds is 4. The summed E-state index contributed by atoms with van der Waals surface area (Å²) in [6.45, 7) is 0.871. The molecule has 1 N–H and O–H groups in total. The molecule has 0 saturated heterocycles. The summed E-state index contributed by atoms with van der Waals surface area (Å²) in [6, 6.07) is 0.554.